The number of halogens is 2. The summed E-state index contributed by atoms with van der Waals surface area (Å²) in [6.45, 7) is 0. The zero-order valence-corrected chi connectivity index (χ0v) is 14.7. The molecular weight excluding hydrogens is 380 g/mol. The van der Waals surface area contributed by atoms with Crippen LogP contribution in [0, 0.1) is 11.3 Å². The number of nitrogens with zero attached hydrogens (tertiary/aromatic N) is 4. The van der Waals surface area contributed by atoms with Gasteiger partial charge < -0.3 is 11.5 Å². The molecule has 8 heteroatoms. The van der Waals surface area contributed by atoms with Crippen molar-refractivity contribution < 1.29 is 0 Å². The van der Waals surface area contributed by atoms with E-state index in [0.717, 1.165) is 32.1 Å². The van der Waals surface area contributed by atoms with Crippen molar-refractivity contribution in [1.82, 2.24) is 0 Å². The van der Waals surface area contributed by atoms with Crippen LogP contribution in [0.5, 0.6) is 0 Å². The van der Waals surface area contributed by atoms with E-state index in [1.807, 2.05) is 0 Å². The summed E-state index contributed by atoms with van der Waals surface area (Å²) in [6.07, 6.45) is 4.73. The summed E-state index contributed by atoms with van der Waals surface area (Å²) in [5.41, 5.74) is 12.4. The topological polar surface area (TPSA) is 104 Å². The predicted molar refractivity (Wildman–Crippen MR) is 95.4 cm³/mol. The lowest BCUT2D eigenvalue weighted by molar-refractivity contribution is 0.305. The van der Waals surface area contributed by atoms with E-state index < -0.39 is 5.66 Å². The molecule has 1 heterocycles. The van der Waals surface area contributed by atoms with Crippen LogP contribution in [-0.4, -0.2) is 17.6 Å². The van der Waals surface area contributed by atoms with Gasteiger partial charge in [-0.3, -0.25) is 4.90 Å². The lowest BCUT2D eigenvalue weighted by Crippen LogP contribution is -2.58. The van der Waals surface area contributed by atoms with Crippen molar-refractivity contribution in [3.05, 3.63) is 27.2 Å². The molecule has 1 saturated carbocycles. The van der Waals surface area contributed by atoms with Gasteiger partial charge in [-0.1, -0.05) is 18.0 Å². The van der Waals surface area contributed by atoms with Crippen LogP contribution in [0.3, 0.4) is 0 Å². The van der Waals surface area contributed by atoms with E-state index in [1.54, 1.807) is 17.0 Å². The molecule has 0 amide bonds. The van der Waals surface area contributed by atoms with Gasteiger partial charge in [-0.05, 0) is 53.7 Å². The van der Waals surface area contributed by atoms with E-state index in [9.17, 15) is 5.26 Å². The van der Waals surface area contributed by atoms with E-state index in [2.05, 4.69) is 32.0 Å². The van der Waals surface area contributed by atoms with Gasteiger partial charge in [-0.15, -0.1) is 0 Å². The van der Waals surface area contributed by atoms with Crippen LogP contribution in [-0.2, 0) is 0 Å². The third-order valence-electron chi connectivity index (χ3n) is 4.26. The van der Waals surface area contributed by atoms with Crippen molar-refractivity contribution in [2.45, 2.75) is 37.8 Å². The summed E-state index contributed by atoms with van der Waals surface area (Å²) >= 11 is 9.82. The fraction of sp³-hybridized carbons (Fsp3) is 0.400. The van der Waals surface area contributed by atoms with Crippen molar-refractivity contribution >= 4 is 45.1 Å². The minimum atomic E-state index is -0.621. The first-order valence-electron chi connectivity index (χ1n) is 7.36. The fourth-order valence-electron chi connectivity index (χ4n) is 3.31. The van der Waals surface area contributed by atoms with Gasteiger partial charge >= 0.3 is 0 Å². The third-order valence-corrected chi connectivity index (χ3v) is 5.23. The maximum absolute atomic E-state index is 9.57. The minimum absolute atomic E-state index is 0.172. The van der Waals surface area contributed by atoms with Gasteiger partial charge in [0.05, 0.1) is 16.3 Å². The highest BCUT2D eigenvalue weighted by molar-refractivity contribution is 9.10. The summed E-state index contributed by atoms with van der Waals surface area (Å²) < 4.78 is 0.653. The quantitative estimate of drug-likeness (QED) is 0.762. The second-order valence-corrected chi connectivity index (χ2v) is 6.94. The molecular formula is C15H16BrClN6. The molecule has 4 N–H and O–H groups in total. The molecule has 0 bridgehead atoms. The number of rotatable bonds is 1. The number of anilines is 1. The molecule has 1 spiro atoms. The maximum atomic E-state index is 9.57. The Labute approximate surface area is 147 Å². The molecule has 0 atom stereocenters. The predicted octanol–water partition coefficient (Wildman–Crippen LogP) is 3.08. The Hall–Kier alpha value is -1.78. The van der Waals surface area contributed by atoms with E-state index in [-0.39, 0.29) is 11.9 Å². The van der Waals surface area contributed by atoms with Gasteiger partial charge in [0.2, 0.25) is 11.9 Å². The number of nitriles is 1. The van der Waals surface area contributed by atoms with E-state index >= 15 is 0 Å². The molecule has 0 radical (unpaired) electrons. The molecule has 23 heavy (non-hydrogen) atoms. The number of benzene rings is 1. The Morgan fingerprint density at radius 1 is 1.26 bits per heavy atom. The monoisotopic (exact) mass is 394 g/mol. The summed E-state index contributed by atoms with van der Waals surface area (Å²) in [7, 11) is 0. The summed E-state index contributed by atoms with van der Waals surface area (Å²) in [5.74, 6) is 0.390. The average molecular weight is 396 g/mol. The smallest absolute Gasteiger partial charge is 0.220 e. The maximum Gasteiger partial charge on any atom is 0.220 e. The van der Waals surface area contributed by atoms with Gasteiger partial charge in [0.1, 0.15) is 11.7 Å². The van der Waals surface area contributed by atoms with Crippen LogP contribution >= 0.6 is 27.5 Å². The van der Waals surface area contributed by atoms with Crippen LogP contribution in [0.25, 0.3) is 0 Å². The van der Waals surface area contributed by atoms with Gasteiger partial charge in [-0.25, -0.2) is 4.99 Å². The lowest BCUT2D eigenvalue weighted by Gasteiger charge is -2.46. The summed E-state index contributed by atoms with van der Waals surface area (Å²) in [5, 5.41) is 10.0. The summed E-state index contributed by atoms with van der Waals surface area (Å²) in [6, 6.07) is 5.66. The number of nitrogens with two attached hydrogens (primary N) is 2. The first kappa shape index (κ1) is 16.1. The zero-order valence-electron chi connectivity index (χ0n) is 12.4. The lowest BCUT2D eigenvalue weighted by atomic mass is 9.87. The number of guanidine groups is 2. The zero-order chi connectivity index (χ0) is 16.6. The van der Waals surface area contributed by atoms with Crippen molar-refractivity contribution in [3.63, 3.8) is 0 Å². The normalized spacial score (nSPS) is 20.0. The molecule has 2 aliphatic rings. The second-order valence-electron chi connectivity index (χ2n) is 5.68. The standard InChI is InChI=1S/C15H16BrClN6/c16-10-4-5-11(17)12(9(10)8-18)23-14(20)21-13(19)22-15(23)6-2-1-3-7-15/h4-5H,1-3,6-7H2,(H4,19,20,21,22). The van der Waals surface area contributed by atoms with Gasteiger partial charge in [0, 0.05) is 4.47 Å². The molecule has 0 aromatic heterocycles. The van der Waals surface area contributed by atoms with E-state index in [0.29, 0.717) is 20.7 Å². The second kappa shape index (κ2) is 6.02. The van der Waals surface area contributed by atoms with Crippen molar-refractivity contribution in [2.24, 2.45) is 21.5 Å². The molecule has 1 fully saturated rings. The molecule has 1 aromatic carbocycles. The number of hydrogen-bond acceptors (Lipinski definition) is 6. The Morgan fingerprint density at radius 2 is 1.96 bits per heavy atom. The third kappa shape index (κ3) is 2.66. The average Bonchev–Trinajstić information content (AvgIpc) is 2.51. The van der Waals surface area contributed by atoms with Crippen molar-refractivity contribution in [1.29, 1.82) is 5.26 Å². The first-order chi connectivity index (χ1) is 11.0. The molecule has 0 saturated heterocycles. The van der Waals surface area contributed by atoms with Gasteiger partial charge in [0.25, 0.3) is 0 Å². The Bertz CT molecular complexity index is 745. The van der Waals surface area contributed by atoms with Crippen LogP contribution in [0.15, 0.2) is 26.6 Å². The molecule has 1 aromatic rings. The van der Waals surface area contributed by atoms with Crippen LogP contribution in [0.2, 0.25) is 5.02 Å². The highest BCUT2D eigenvalue weighted by atomic mass is 79.9. The highest BCUT2D eigenvalue weighted by Gasteiger charge is 2.44. The number of hydrogen-bond donors (Lipinski definition) is 2. The Morgan fingerprint density at radius 3 is 2.61 bits per heavy atom. The van der Waals surface area contributed by atoms with Crippen LogP contribution in [0.1, 0.15) is 37.7 Å². The van der Waals surface area contributed by atoms with Gasteiger partial charge in [-0.2, -0.15) is 10.3 Å². The summed E-state index contributed by atoms with van der Waals surface area (Å²) in [4.78, 5) is 10.5. The first-order valence-corrected chi connectivity index (χ1v) is 8.53. The highest BCUT2D eigenvalue weighted by Crippen LogP contribution is 2.44. The van der Waals surface area contributed by atoms with Crippen molar-refractivity contribution in [2.75, 3.05) is 4.90 Å². The van der Waals surface area contributed by atoms with Crippen LogP contribution in [0.4, 0.5) is 5.69 Å². The fourth-order valence-corrected chi connectivity index (χ4v) is 3.96. The van der Waals surface area contributed by atoms with E-state index in [1.165, 1.54) is 0 Å². The number of aliphatic imine (C=N–C) groups is 2. The molecule has 120 valence electrons. The molecule has 1 aliphatic heterocycles. The Kier molecular flexibility index (Phi) is 4.21. The van der Waals surface area contributed by atoms with Gasteiger partial charge in [0.15, 0.2) is 0 Å². The molecule has 3 rings (SSSR count). The molecule has 0 unspecified atom stereocenters. The van der Waals surface area contributed by atoms with Crippen LogP contribution < -0.4 is 16.4 Å². The molecule has 6 nitrogen and oxygen atoms in total. The SMILES string of the molecule is N#Cc1c(Br)ccc(Cl)c1N1C(N)=NC(N)=NC12CCCCC2. The largest absolute Gasteiger partial charge is 0.369 e. The minimum Gasteiger partial charge on any atom is -0.369 e. The molecule has 1 aliphatic carbocycles. The van der Waals surface area contributed by atoms with E-state index in [4.69, 9.17) is 23.1 Å². The Balaban J connectivity index is 2.23. The van der Waals surface area contributed by atoms with Crippen molar-refractivity contribution in [3.8, 4) is 6.07 Å².